The minimum absolute atomic E-state index is 0. The number of aromatic nitrogens is 3. The molecule has 2 aromatic heterocycles. The molecule has 6 nitrogen and oxygen atoms in total. The highest BCUT2D eigenvalue weighted by molar-refractivity contribution is 5.90. The molecule has 0 radical (unpaired) electrons. The zero-order valence-electron chi connectivity index (χ0n) is 13.6. The molecule has 2 saturated heterocycles. The third-order valence-corrected chi connectivity index (χ3v) is 4.92. The molecule has 4 heterocycles. The average molecular weight is 338 g/mol. The number of hydrogen-bond donors (Lipinski definition) is 3. The fourth-order valence-electron chi connectivity index (χ4n) is 3.85. The second-order valence-corrected chi connectivity index (χ2v) is 6.67. The summed E-state index contributed by atoms with van der Waals surface area (Å²) in [5, 5.41) is 15.5. The van der Waals surface area contributed by atoms with Crippen LogP contribution in [0.5, 0.6) is 0 Å². The standard InChI is InChI=1S/C16H23N5O.ClH/c1-10-7-11(2)18-14-13(10)15(21-20-14)19-12-8-16(22-9-12)3-5-17-6-4-16;/h7,12,17H,3-6,8-9H2,1-2H3,(H2,18,19,20,21);1H. The number of H-pyrrole nitrogens is 1. The van der Waals surface area contributed by atoms with Gasteiger partial charge in [-0.05, 0) is 57.8 Å². The zero-order valence-corrected chi connectivity index (χ0v) is 14.4. The van der Waals surface area contributed by atoms with Crippen molar-refractivity contribution in [1.82, 2.24) is 20.5 Å². The van der Waals surface area contributed by atoms with Gasteiger partial charge in [0.05, 0.1) is 23.6 Å². The van der Waals surface area contributed by atoms with Crippen LogP contribution < -0.4 is 10.6 Å². The molecule has 2 fully saturated rings. The van der Waals surface area contributed by atoms with Crippen LogP contribution in [0.4, 0.5) is 5.82 Å². The Morgan fingerprint density at radius 2 is 2.09 bits per heavy atom. The number of ether oxygens (including phenoxy) is 1. The van der Waals surface area contributed by atoms with Gasteiger partial charge in [0.1, 0.15) is 0 Å². The Kier molecular flexibility index (Phi) is 4.49. The first-order valence-electron chi connectivity index (χ1n) is 8.09. The van der Waals surface area contributed by atoms with Crippen molar-refractivity contribution in [2.45, 2.75) is 44.8 Å². The highest BCUT2D eigenvalue weighted by Crippen LogP contribution is 2.35. The molecule has 1 atom stereocenters. The van der Waals surface area contributed by atoms with E-state index in [2.05, 4.69) is 38.8 Å². The molecular weight excluding hydrogens is 314 g/mol. The summed E-state index contributed by atoms with van der Waals surface area (Å²) in [4.78, 5) is 4.52. The van der Waals surface area contributed by atoms with Crippen molar-refractivity contribution in [2.24, 2.45) is 0 Å². The second kappa shape index (κ2) is 6.26. The van der Waals surface area contributed by atoms with Crippen molar-refractivity contribution in [1.29, 1.82) is 0 Å². The van der Waals surface area contributed by atoms with Gasteiger partial charge < -0.3 is 15.4 Å². The van der Waals surface area contributed by atoms with E-state index >= 15 is 0 Å². The van der Waals surface area contributed by atoms with Crippen LogP contribution in [0.3, 0.4) is 0 Å². The third-order valence-electron chi connectivity index (χ3n) is 4.92. The first-order valence-corrected chi connectivity index (χ1v) is 8.09. The average Bonchev–Trinajstić information content (AvgIpc) is 3.05. The van der Waals surface area contributed by atoms with Crippen molar-refractivity contribution in [3.63, 3.8) is 0 Å². The lowest BCUT2D eigenvalue weighted by molar-refractivity contribution is -0.0192. The normalized spacial score (nSPS) is 23.1. The first-order chi connectivity index (χ1) is 10.7. The Morgan fingerprint density at radius 3 is 2.87 bits per heavy atom. The van der Waals surface area contributed by atoms with Crippen LogP contribution in [0.25, 0.3) is 11.0 Å². The topological polar surface area (TPSA) is 74.9 Å². The lowest BCUT2D eigenvalue weighted by Crippen LogP contribution is -2.41. The van der Waals surface area contributed by atoms with E-state index < -0.39 is 0 Å². The van der Waals surface area contributed by atoms with Gasteiger partial charge in [0.25, 0.3) is 0 Å². The molecule has 2 aliphatic rings. The van der Waals surface area contributed by atoms with Crippen molar-refractivity contribution in [2.75, 3.05) is 25.0 Å². The van der Waals surface area contributed by atoms with E-state index in [1.165, 1.54) is 5.56 Å². The number of fused-ring (bicyclic) bond motifs is 1. The largest absolute Gasteiger partial charge is 0.373 e. The number of anilines is 1. The predicted molar refractivity (Wildman–Crippen MR) is 93.4 cm³/mol. The summed E-state index contributed by atoms with van der Waals surface area (Å²) in [5.74, 6) is 0.902. The number of halogens is 1. The van der Waals surface area contributed by atoms with Crippen LogP contribution >= 0.6 is 12.4 Å². The van der Waals surface area contributed by atoms with Crippen molar-refractivity contribution >= 4 is 29.3 Å². The number of pyridine rings is 1. The maximum atomic E-state index is 6.15. The van der Waals surface area contributed by atoms with Gasteiger partial charge in [-0.2, -0.15) is 5.10 Å². The Bertz CT molecular complexity index is 695. The molecule has 126 valence electrons. The summed E-state index contributed by atoms with van der Waals surface area (Å²) >= 11 is 0. The van der Waals surface area contributed by atoms with Gasteiger partial charge in [0.2, 0.25) is 0 Å². The number of rotatable bonds is 2. The van der Waals surface area contributed by atoms with Gasteiger partial charge in [0.15, 0.2) is 11.5 Å². The zero-order chi connectivity index (χ0) is 15.2. The highest BCUT2D eigenvalue weighted by atomic mass is 35.5. The van der Waals surface area contributed by atoms with Crippen LogP contribution in [-0.4, -0.2) is 46.5 Å². The molecule has 23 heavy (non-hydrogen) atoms. The van der Waals surface area contributed by atoms with Crippen LogP contribution in [0.1, 0.15) is 30.5 Å². The van der Waals surface area contributed by atoms with E-state index in [0.29, 0.717) is 6.04 Å². The van der Waals surface area contributed by atoms with Gasteiger partial charge in [-0.3, -0.25) is 5.10 Å². The summed E-state index contributed by atoms with van der Waals surface area (Å²) in [7, 11) is 0. The molecule has 3 N–H and O–H groups in total. The van der Waals surface area contributed by atoms with E-state index in [4.69, 9.17) is 4.74 Å². The number of aromatic amines is 1. The van der Waals surface area contributed by atoms with Crippen LogP contribution in [-0.2, 0) is 4.74 Å². The number of piperidine rings is 1. The quantitative estimate of drug-likeness (QED) is 0.784. The Morgan fingerprint density at radius 1 is 1.30 bits per heavy atom. The van der Waals surface area contributed by atoms with E-state index in [1.807, 2.05) is 6.92 Å². The SMILES string of the molecule is Cc1cc(C)c2c(NC3COC4(CCNCC4)C3)n[nH]c2n1.Cl. The fraction of sp³-hybridized carbons (Fsp3) is 0.625. The summed E-state index contributed by atoms with van der Waals surface area (Å²) in [6, 6.07) is 2.42. The number of nitrogens with zero attached hydrogens (tertiary/aromatic N) is 2. The van der Waals surface area contributed by atoms with E-state index in [1.54, 1.807) is 0 Å². The summed E-state index contributed by atoms with van der Waals surface area (Å²) in [6.07, 6.45) is 3.26. The number of hydrogen-bond acceptors (Lipinski definition) is 5. The molecule has 0 saturated carbocycles. The van der Waals surface area contributed by atoms with Crippen molar-refractivity contribution < 1.29 is 4.74 Å². The Labute approximate surface area is 142 Å². The van der Waals surface area contributed by atoms with Crippen LogP contribution in [0, 0.1) is 13.8 Å². The van der Waals surface area contributed by atoms with E-state index in [0.717, 1.165) is 61.5 Å². The molecule has 4 rings (SSSR count). The smallest absolute Gasteiger partial charge is 0.157 e. The summed E-state index contributed by atoms with van der Waals surface area (Å²) in [5.41, 5.74) is 3.14. The number of nitrogens with one attached hydrogen (secondary N) is 3. The number of aryl methyl sites for hydroxylation is 2. The van der Waals surface area contributed by atoms with Crippen molar-refractivity contribution in [3.8, 4) is 0 Å². The lowest BCUT2D eigenvalue weighted by atomic mass is 9.88. The van der Waals surface area contributed by atoms with Gasteiger partial charge in [-0.15, -0.1) is 12.4 Å². The van der Waals surface area contributed by atoms with Crippen LogP contribution in [0.2, 0.25) is 0 Å². The lowest BCUT2D eigenvalue weighted by Gasteiger charge is -2.32. The molecule has 2 aromatic rings. The molecule has 0 aliphatic carbocycles. The molecular formula is C16H24ClN5O. The molecule has 0 amide bonds. The summed E-state index contributed by atoms with van der Waals surface area (Å²) in [6.45, 7) is 6.98. The Hall–Kier alpha value is -1.37. The fourth-order valence-corrected chi connectivity index (χ4v) is 3.85. The monoisotopic (exact) mass is 337 g/mol. The Balaban J connectivity index is 0.00000156. The third kappa shape index (κ3) is 3.03. The van der Waals surface area contributed by atoms with Gasteiger partial charge in [0, 0.05) is 5.69 Å². The van der Waals surface area contributed by atoms with Gasteiger partial charge in [-0.1, -0.05) is 0 Å². The highest BCUT2D eigenvalue weighted by Gasteiger charge is 2.41. The molecule has 2 aliphatic heterocycles. The minimum Gasteiger partial charge on any atom is -0.373 e. The van der Waals surface area contributed by atoms with E-state index in [-0.39, 0.29) is 18.0 Å². The molecule has 1 unspecified atom stereocenters. The summed E-state index contributed by atoms with van der Waals surface area (Å²) < 4.78 is 6.15. The first kappa shape index (κ1) is 16.5. The maximum absolute atomic E-state index is 6.15. The van der Waals surface area contributed by atoms with Gasteiger partial charge in [-0.25, -0.2) is 4.98 Å². The van der Waals surface area contributed by atoms with Crippen molar-refractivity contribution in [3.05, 3.63) is 17.3 Å². The van der Waals surface area contributed by atoms with E-state index in [9.17, 15) is 0 Å². The minimum atomic E-state index is 0. The van der Waals surface area contributed by atoms with Gasteiger partial charge >= 0.3 is 0 Å². The molecule has 0 bridgehead atoms. The molecule has 0 aromatic carbocycles. The molecule has 1 spiro atoms. The maximum Gasteiger partial charge on any atom is 0.157 e. The van der Waals surface area contributed by atoms with Crippen LogP contribution in [0.15, 0.2) is 6.07 Å². The predicted octanol–water partition coefficient (Wildman–Crippen LogP) is 2.32. The molecule has 7 heteroatoms. The second-order valence-electron chi connectivity index (χ2n) is 6.67.